The molecule has 1 N–H and O–H groups in total. The van der Waals surface area contributed by atoms with Gasteiger partial charge in [0.05, 0.1) is 38.4 Å². The topological polar surface area (TPSA) is 107 Å². The van der Waals surface area contributed by atoms with Crippen LogP contribution in [0.2, 0.25) is 0 Å². The van der Waals surface area contributed by atoms with Gasteiger partial charge in [-0.1, -0.05) is 12.1 Å². The van der Waals surface area contributed by atoms with Crippen molar-refractivity contribution in [2.75, 3.05) is 5.32 Å². The van der Waals surface area contributed by atoms with Crippen LogP contribution in [0.4, 0.5) is 30.4 Å². The summed E-state index contributed by atoms with van der Waals surface area (Å²) in [5.74, 6) is -0.288. The number of hydrogen-bond donors (Lipinski definition) is 1. The Morgan fingerprint density at radius 2 is 1.79 bits per heavy atom. The van der Waals surface area contributed by atoms with Crippen molar-refractivity contribution in [1.82, 2.24) is 14.5 Å². The summed E-state index contributed by atoms with van der Waals surface area (Å²) in [6, 6.07) is 19.1. The first-order chi connectivity index (χ1) is 18.6. The zero-order valence-corrected chi connectivity index (χ0v) is 20.7. The van der Waals surface area contributed by atoms with Gasteiger partial charge in [-0.25, -0.2) is 9.97 Å². The summed E-state index contributed by atoms with van der Waals surface area (Å²) in [6.07, 6.45) is -3.36. The van der Waals surface area contributed by atoms with Crippen LogP contribution in [0.3, 0.4) is 0 Å². The fourth-order valence-electron chi connectivity index (χ4n) is 4.17. The van der Waals surface area contributed by atoms with Gasteiger partial charge in [0, 0.05) is 24.0 Å². The van der Waals surface area contributed by atoms with Gasteiger partial charge in [0.2, 0.25) is 5.82 Å². The monoisotopic (exact) mass is 534 g/mol. The minimum atomic E-state index is -4.80. The molecule has 0 amide bonds. The number of pyridine rings is 1. The number of fused-ring (bicyclic) bond motifs is 2. The van der Waals surface area contributed by atoms with Gasteiger partial charge in [-0.15, -0.1) is 13.2 Å². The van der Waals surface area contributed by atoms with Crippen molar-refractivity contribution in [3.05, 3.63) is 94.5 Å². The number of alkyl halides is 3. The molecule has 0 bridgehead atoms. The number of ether oxygens (including phenoxy) is 1. The SMILES string of the molecule is CC(C)/N=c1\cc2n(-c3ccc(OC(F)(F)F)cc3)c3ccccc3nc-2cc1Nc1ncccc1[N+](=O)[O-]. The minimum Gasteiger partial charge on any atom is -0.406 e. The third-order valence-corrected chi connectivity index (χ3v) is 5.66. The summed E-state index contributed by atoms with van der Waals surface area (Å²) in [5.41, 5.74) is 3.32. The first-order valence-corrected chi connectivity index (χ1v) is 11.8. The average molecular weight is 534 g/mol. The van der Waals surface area contributed by atoms with E-state index in [1.54, 1.807) is 12.1 Å². The molecule has 2 aliphatic rings. The lowest BCUT2D eigenvalue weighted by molar-refractivity contribution is -0.384. The lowest BCUT2D eigenvalue weighted by Crippen LogP contribution is -2.17. The van der Waals surface area contributed by atoms with Crippen molar-refractivity contribution in [3.63, 3.8) is 0 Å². The molecule has 0 atom stereocenters. The minimum absolute atomic E-state index is 0.0518. The smallest absolute Gasteiger partial charge is 0.406 e. The maximum Gasteiger partial charge on any atom is 0.573 e. The Labute approximate surface area is 219 Å². The zero-order valence-electron chi connectivity index (χ0n) is 20.7. The van der Waals surface area contributed by atoms with E-state index in [1.165, 1.54) is 42.6 Å². The first kappa shape index (κ1) is 25.6. The van der Waals surface area contributed by atoms with E-state index in [-0.39, 0.29) is 23.3 Å². The molecular formula is C27H21F3N6O3. The Bertz CT molecular complexity index is 1720. The highest BCUT2D eigenvalue weighted by atomic mass is 19.4. The van der Waals surface area contributed by atoms with Crippen molar-refractivity contribution in [1.29, 1.82) is 0 Å². The number of anilines is 2. The predicted octanol–water partition coefficient (Wildman–Crippen LogP) is 6.38. The van der Waals surface area contributed by atoms with Crippen LogP contribution in [0, 0.1) is 10.1 Å². The number of rotatable bonds is 6. The largest absolute Gasteiger partial charge is 0.573 e. The van der Waals surface area contributed by atoms with Gasteiger partial charge in [0.1, 0.15) is 5.75 Å². The molecule has 39 heavy (non-hydrogen) atoms. The van der Waals surface area contributed by atoms with Gasteiger partial charge in [0.25, 0.3) is 0 Å². The number of benzene rings is 3. The van der Waals surface area contributed by atoms with E-state index in [0.29, 0.717) is 39.2 Å². The van der Waals surface area contributed by atoms with E-state index >= 15 is 0 Å². The van der Waals surface area contributed by atoms with Crippen LogP contribution in [0.1, 0.15) is 13.8 Å². The fourth-order valence-corrected chi connectivity index (χ4v) is 4.17. The van der Waals surface area contributed by atoms with E-state index in [0.717, 1.165) is 0 Å². The van der Waals surface area contributed by atoms with E-state index in [4.69, 9.17) is 9.98 Å². The Morgan fingerprint density at radius 1 is 1.05 bits per heavy atom. The van der Waals surface area contributed by atoms with Gasteiger partial charge in [-0.2, -0.15) is 0 Å². The van der Waals surface area contributed by atoms with Gasteiger partial charge < -0.3 is 14.6 Å². The molecule has 198 valence electrons. The molecule has 1 aromatic heterocycles. The van der Waals surface area contributed by atoms with Gasteiger partial charge in [0.15, 0.2) is 0 Å². The quantitative estimate of drug-likeness (QED) is 0.154. The maximum absolute atomic E-state index is 12.7. The van der Waals surface area contributed by atoms with Crippen LogP contribution in [-0.2, 0) is 0 Å². The van der Waals surface area contributed by atoms with E-state index < -0.39 is 11.3 Å². The highest BCUT2D eigenvalue weighted by Gasteiger charge is 2.31. The highest BCUT2D eigenvalue weighted by molar-refractivity contribution is 5.84. The summed E-state index contributed by atoms with van der Waals surface area (Å²) in [6.45, 7) is 3.78. The van der Waals surface area contributed by atoms with E-state index in [9.17, 15) is 23.3 Å². The third kappa shape index (κ3) is 5.49. The second kappa shape index (κ2) is 10.0. The lowest BCUT2D eigenvalue weighted by Gasteiger charge is -2.20. The third-order valence-electron chi connectivity index (χ3n) is 5.66. The number of aromatic nitrogens is 3. The highest BCUT2D eigenvalue weighted by Crippen LogP contribution is 2.32. The normalized spacial score (nSPS) is 12.3. The molecule has 9 nitrogen and oxygen atoms in total. The van der Waals surface area contributed by atoms with Crippen molar-refractivity contribution >= 4 is 28.2 Å². The Morgan fingerprint density at radius 3 is 2.49 bits per heavy atom. The van der Waals surface area contributed by atoms with Gasteiger partial charge in [-0.05, 0) is 68.4 Å². The van der Waals surface area contributed by atoms with Crippen molar-refractivity contribution in [2.45, 2.75) is 26.3 Å². The van der Waals surface area contributed by atoms with Crippen LogP contribution in [0.5, 0.6) is 5.75 Å². The number of nitrogens with one attached hydrogen (secondary N) is 1. The Balaban J connectivity index is 1.74. The lowest BCUT2D eigenvalue weighted by atomic mass is 10.1. The second-order valence-electron chi connectivity index (χ2n) is 8.81. The molecule has 0 unspecified atom stereocenters. The summed E-state index contributed by atoms with van der Waals surface area (Å²) in [5, 5.41) is 15.1. The number of hydrogen-bond acceptors (Lipinski definition) is 7. The maximum atomic E-state index is 12.7. The molecule has 2 aromatic carbocycles. The van der Waals surface area contributed by atoms with Crippen LogP contribution < -0.4 is 15.4 Å². The molecule has 5 rings (SSSR count). The number of nitro groups is 1. The molecule has 12 heteroatoms. The standard InChI is InChI=1S/C27H21F3N6O3/c1-16(2)32-21-15-25-22(14-20(21)34-26-24(36(37)38)8-5-13-31-26)33-19-6-3-4-7-23(19)35(25)17-9-11-18(12-10-17)39-27(28,29)30/h3-16H,1-2H3,(H,31,34)/b32-21+. The molecular weight excluding hydrogens is 513 g/mol. The van der Waals surface area contributed by atoms with Crippen LogP contribution in [0.25, 0.3) is 28.1 Å². The van der Waals surface area contributed by atoms with Gasteiger partial charge in [-0.3, -0.25) is 15.1 Å². The number of nitrogens with zero attached hydrogens (tertiary/aromatic N) is 5. The Kier molecular flexibility index (Phi) is 6.60. The molecule has 0 fully saturated rings. The predicted molar refractivity (Wildman–Crippen MR) is 139 cm³/mol. The molecule has 1 aliphatic heterocycles. The fraction of sp³-hybridized carbons (Fsp3) is 0.148. The Hall–Kier alpha value is -5.00. The average Bonchev–Trinajstić information content (AvgIpc) is 2.87. The molecule has 0 radical (unpaired) electrons. The summed E-state index contributed by atoms with van der Waals surface area (Å²) < 4.78 is 44.0. The number of halogens is 3. The zero-order chi connectivity index (χ0) is 27.7. The summed E-state index contributed by atoms with van der Waals surface area (Å²) in [4.78, 5) is 24.6. The van der Waals surface area contributed by atoms with Crippen molar-refractivity contribution in [2.24, 2.45) is 4.99 Å². The first-order valence-electron chi connectivity index (χ1n) is 11.8. The van der Waals surface area contributed by atoms with Crippen molar-refractivity contribution < 1.29 is 22.8 Å². The second-order valence-corrected chi connectivity index (χ2v) is 8.81. The molecule has 1 aliphatic carbocycles. The van der Waals surface area contributed by atoms with E-state index in [1.807, 2.05) is 42.7 Å². The molecule has 0 saturated heterocycles. The van der Waals surface area contributed by atoms with Crippen LogP contribution in [0.15, 0.2) is 84.0 Å². The van der Waals surface area contributed by atoms with E-state index in [2.05, 4.69) is 15.0 Å². The number of para-hydroxylation sites is 2. The molecule has 0 spiro atoms. The summed E-state index contributed by atoms with van der Waals surface area (Å²) in [7, 11) is 0. The molecule has 3 aromatic rings. The van der Waals surface area contributed by atoms with Gasteiger partial charge >= 0.3 is 12.0 Å². The summed E-state index contributed by atoms with van der Waals surface area (Å²) >= 11 is 0. The van der Waals surface area contributed by atoms with Crippen LogP contribution in [-0.4, -0.2) is 31.9 Å². The molecule has 2 heterocycles. The van der Waals surface area contributed by atoms with Crippen molar-refractivity contribution in [3.8, 4) is 22.8 Å². The van der Waals surface area contributed by atoms with Crippen LogP contribution >= 0.6 is 0 Å². The molecule has 0 saturated carbocycles.